The van der Waals surface area contributed by atoms with E-state index < -0.39 is 11.5 Å². The van der Waals surface area contributed by atoms with Gasteiger partial charge in [-0.05, 0) is 18.2 Å². The molecule has 4 rings (SSSR count). The Bertz CT molecular complexity index is 1340. The summed E-state index contributed by atoms with van der Waals surface area (Å²) in [7, 11) is 0. The topological polar surface area (TPSA) is 173 Å². The molecule has 0 saturated carbocycles. The molecule has 0 saturated heterocycles. The summed E-state index contributed by atoms with van der Waals surface area (Å²) in [4.78, 5) is 32.8. The number of H-pyrrole nitrogens is 1. The first-order valence-corrected chi connectivity index (χ1v) is 8.47. The second-order valence-electron chi connectivity index (χ2n) is 5.83. The molecule has 3 N–H and O–H groups in total. The predicted octanol–water partition coefficient (Wildman–Crippen LogP) is 1.53. The molecule has 0 aliphatic carbocycles. The molecule has 0 spiro atoms. The molecule has 1 amide bonds. The SMILES string of the molecule is N#Cc1cnn(-c2ncccn2)c1N=Nc1c(C(N)=O)[nH]n(-c2ccccc2)c1=O. The Kier molecular flexibility index (Phi) is 4.67. The molecule has 0 aliphatic rings. The fourth-order valence-corrected chi connectivity index (χ4v) is 2.61. The number of carbonyl (C=O) groups is 1. The first-order chi connectivity index (χ1) is 14.6. The van der Waals surface area contributed by atoms with Crippen LogP contribution in [0.25, 0.3) is 11.6 Å². The van der Waals surface area contributed by atoms with Gasteiger partial charge in [0.2, 0.25) is 0 Å². The number of amides is 1. The third-order valence-corrected chi connectivity index (χ3v) is 3.98. The van der Waals surface area contributed by atoms with Gasteiger partial charge in [-0.2, -0.15) is 15.0 Å². The zero-order valence-electron chi connectivity index (χ0n) is 15.2. The van der Waals surface area contributed by atoms with Gasteiger partial charge >= 0.3 is 0 Å². The highest BCUT2D eigenvalue weighted by Crippen LogP contribution is 2.24. The number of benzene rings is 1. The van der Waals surface area contributed by atoms with E-state index in [0.717, 1.165) is 4.68 Å². The van der Waals surface area contributed by atoms with Crippen molar-refractivity contribution in [1.29, 1.82) is 5.26 Å². The minimum atomic E-state index is -0.892. The Balaban J connectivity index is 1.84. The van der Waals surface area contributed by atoms with Crippen molar-refractivity contribution in [3.05, 3.63) is 76.6 Å². The lowest BCUT2D eigenvalue weighted by atomic mass is 10.3. The first-order valence-electron chi connectivity index (χ1n) is 8.47. The van der Waals surface area contributed by atoms with Crippen LogP contribution in [-0.4, -0.2) is 35.4 Å². The lowest BCUT2D eigenvalue weighted by Gasteiger charge is -2.00. The predicted molar refractivity (Wildman–Crippen MR) is 103 cm³/mol. The summed E-state index contributed by atoms with van der Waals surface area (Å²) in [6.45, 7) is 0. The number of primary amides is 1. The maximum atomic E-state index is 12.8. The molecule has 3 heterocycles. The van der Waals surface area contributed by atoms with E-state index in [1.54, 1.807) is 36.4 Å². The van der Waals surface area contributed by atoms with E-state index in [9.17, 15) is 14.9 Å². The van der Waals surface area contributed by atoms with E-state index in [-0.39, 0.29) is 28.7 Å². The average Bonchev–Trinajstić information content (AvgIpc) is 3.34. The zero-order valence-corrected chi connectivity index (χ0v) is 15.2. The van der Waals surface area contributed by atoms with Crippen molar-refractivity contribution in [3.63, 3.8) is 0 Å². The van der Waals surface area contributed by atoms with E-state index in [0.29, 0.717) is 5.69 Å². The largest absolute Gasteiger partial charge is 0.364 e. The quantitative estimate of drug-likeness (QED) is 0.480. The van der Waals surface area contributed by atoms with Gasteiger partial charge in [0, 0.05) is 12.4 Å². The summed E-state index contributed by atoms with van der Waals surface area (Å²) < 4.78 is 2.31. The van der Waals surface area contributed by atoms with Crippen LogP contribution in [0.3, 0.4) is 0 Å². The van der Waals surface area contributed by atoms with Crippen LogP contribution in [0.5, 0.6) is 0 Å². The molecule has 0 aliphatic heterocycles. The maximum Gasteiger partial charge on any atom is 0.299 e. The molecule has 12 nitrogen and oxygen atoms in total. The zero-order chi connectivity index (χ0) is 21.1. The van der Waals surface area contributed by atoms with Gasteiger partial charge < -0.3 is 5.73 Å². The first kappa shape index (κ1) is 18.4. The third kappa shape index (κ3) is 3.22. The molecular weight excluding hydrogens is 388 g/mol. The van der Waals surface area contributed by atoms with Crippen LogP contribution in [0.4, 0.5) is 11.5 Å². The van der Waals surface area contributed by atoms with E-state index in [1.807, 2.05) is 6.07 Å². The van der Waals surface area contributed by atoms with E-state index in [1.165, 1.54) is 23.3 Å². The maximum absolute atomic E-state index is 12.8. The van der Waals surface area contributed by atoms with Crippen molar-refractivity contribution in [3.8, 4) is 17.7 Å². The number of azo groups is 1. The number of carbonyl (C=O) groups excluding carboxylic acids is 1. The van der Waals surface area contributed by atoms with Crippen LogP contribution in [0.1, 0.15) is 16.1 Å². The number of para-hydroxylation sites is 1. The van der Waals surface area contributed by atoms with Crippen LogP contribution in [0.2, 0.25) is 0 Å². The summed E-state index contributed by atoms with van der Waals surface area (Å²) in [5.74, 6) is -0.749. The highest BCUT2D eigenvalue weighted by molar-refractivity contribution is 5.95. The molecule has 0 atom stereocenters. The summed E-state index contributed by atoms with van der Waals surface area (Å²) in [5.41, 5.74) is 4.76. The molecule has 1 aromatic carbocycles. The Hall–Kier alpha value is -4.92. The summed E-state index contributed by atoms with van der Waals surface area (Å²) >= 11 is 0. The Labute approximate surface area is 167 Å². The molecule has 0 radical (unpaired) electrons. The molecule has 4 aromatic rings. The Morgan fingerprint density at radius 3 is 2.53 bits per heavy atom. The number of nitriles is 1. The van der Waals surface area contributed by atoms with E-state index in [2.05, 4.69) is 30.4 Å². The highest BCUT2D eigenvalue weighted by Gasteiger charge is 2.20. The van der Waals surface area contributed by atoms with Crippen molar-refractivity contribution in [2.45, 2.75) is 0 Å². The lowest BCUT2D eigenvalue weighted by Crippen LogP contribution is -2.14. The van der Waals surface area contributed by atoms with Gasteiger partial charge in [0.15, 0.2) is 17.2 Å². The van der Waals surface area contributed by atoms with Crippen LogP contribution in [0, 0.1) is 11.3 Å². The van der Waals surface area contributed by atoms with Gasteiger partial charge in [0.05, 0.1) is 11.9 Å². The molecule has 30 heavy (non-hydrogen) atoms. The minimum absolute atomic E-state index is 0.00835. The van der Waals surface area contributed by atoms with Crippen molar-refractivity contribution in [2.75, 3.05) is 0 Å². The Morgan fingerprint density at radius 2 is 1.87 bits per heavy atom. The van der Waals surface area contributed by atoms with Crippen LogP contribution < -0.4 is 11.3 Å². The molecule has 3 aromatic heterocycles. The number of aromatic amines is 1. The summed E-state index contributed by atoms with van der Waals surface area (Å²) in [6, 6.07) is 12.1. The molecular formula is C18H12N10O2. The van der Waals surface area contributed by atoms with E-state index >= 15 is 0 Å². The van der Waals surface area contributed by atoms with Gasteiger partial charge in [-0.15, -0.1) is 10.2 Å². The molecule has 12 heteroatoms. The number of rotatable bonds is 5. The smallest absolute Gasteiger partial charge is 0.299 e. The Morgan fingerprint density at radius 1 is 1.13 bits per heavy atom. The monoisotopic (exact) mass is 400 g/mol. The van der Waals surface area contributed by atoms with Crippen molar-refractivity contribution in [1.82, 2.24) is 29.5 Å². The van der Waals surface area contributed by atoms with Crippen LogP contribution >= 0.6 is 0 Å². The second-order valence-corrected chi connectivity index (χ2v) is 5.83. The number of hydrogen-bond acceptors (Lipinski definition) is 8. The molecule has 0 fully saturated rings. The summed E-state index contributed by atoms with van der Waals surface area (Å²) in [6.07, 6.45) is 4.25. The standard InChI is InChI=1S/C18H12N10O2/c19-9-11-10-23-28(18-21-7-4-8-22-18)16(11)25-24-14-13(15(20)29)26-27(17(14)30)12-5-2-1-3-6-12/h1-8,10,26H,(H2,20,29). The number of nitrogens with one attached hydrogen (secondary N) is 1. The summed E-state index contributed by atoms with van der Waals surface area (Å²) in [5, 5.41) is 23.9. The van der Waals surface area contributed by atoms with Crippen molar-refractivity contribution in [2.24, 2.45) is 16.0 Å². The van der Waals surface area contributed by atoms with Gasteiger partial charge in [-0.25, -0.2) is 14.6 Å². The fourth-order valence-electron chi connectivity index (χ4n) is 2.61. The number of nitrogens with zero attached hydrogens (tertiary/aromatic N) is 8. The number of aromatic nitrogens is 6. The van der Waals surface area contributed by atoms with E-state index in [4.69, 9.17) is 5.73 Å². The van der Waals surface area contributed by atoms with Gasteiger partial charge in [-0.3, -0.25) is 14.7 Å². The number of nitrogens with two attached hydrogens (primary N) is 1. The van der Waals surface area contributed by atoms with Gasteiger partial charge in [-0.1, -0.05) is 18.2 Å². The third-order valence-electron chi connectivity index (χ3n) is 3.98. The van der Waals surface area contributed by atoms with Crippen LogP contribution in [0.15, 0.2) is 70.0 Å². The minimum Gasteiger partial charge on any atom is -0.364 e. The van der Waals surface area contributed by atoms with Crippen molar-refractivity contribution < 1.29 is 4.79 Å². The second kappa shape index (κ2) is 7.60. The molecule has 0 unspecified atom stereocenters. The van der Waals surface area contributed by atoms with Crippen LogP contribution in [-0.2, 0) is 0 Å². The molecule has 0 bridgehead atoms. The van der Waals surface area contributed by atoms with Gasteiger partial charge in [0.25, 0.3) is 17.4 Å². The normalized spacial score (nSPS) is 10.9. The molecule has 146 valence electrons. The lowest BCUT2D eigenvalue weighted by molar-refractivity contribution is 0.0996. The number of hydrogen-bond donors (Lipinski definition) is 2. The fraction of sp³-hybridized carbons (Fsp3) is 0. The average molecular weight is 400 g/mol. The van der Waals surface area contributed by atoms with Crippen molar-refractivity contribution >= 4 is 17.4 Å². The van der Waals surface area contributed by atoms with Gasteiger partial charge in [0.1, 0.15) is 11.6 Å². The highest BCUT2D eigenvalue weighted by atomic mass is 16.2.